The van der Waals surface area contributed by atoms with Crippen LogP contribution in [0.5, 0.6) is 11.5 Å². The summed E-state index contributed by atoms with van der Waals surface area (Å²) < 4.78 is 10.9. The molecule has 96 valence electrons. The molecule has 1 aromatic carbocycles. The summed E-state index contributed by atoms with van der Waals surface area (Å²) in [6, 6.07) is 7.60. The van der Waals surface area contributed by atoms with E-state index in [0.29, 0.717) is 12.5 Å². The van der Waals surface area contributed by atoms with Crippen molar-refractivity contribution in [1.29, 1.82) is 0 Å². The van der Waals surface area contributed by atoms with Gasteiger partial charge >= 0.3 is 0 Å². The molecular weight excluding hydrogens is 216 g/mol. The lowest BCUT2D eigenvalue weighted by Crippen LogP contribution is -2.18. The van der Waals surface area contributed by atoms with Crippen molar-refractivity contribution in [3.63, 3.8) is 0 Å². The van der Waals surface area contributed by atoms with Crippen LogP contribution in [0.4, 0.5) is 0 Å². The summed E-state index contributed by atoms with van der Waals surface area (Å²) in [5.41, 5.74) is 0. The maximum absolute atomic E-state index is 9.53. The van der Waals surface area contributed by atoms with Crippen LogP contribution in [0.15, 0.2) is 24.3 Å². The van der Waals surface area contributed by atoms with Crippen molar-refractivity contribution in [2.45, 2.75) is 32.8 Å². The van der Waals surface area contributed by atoms with Crippen LogP contribution in [-0.2, 0) is 0 Å². The molecule has 0 aliphatic carbocycles. The Bertz CT molecular complexity index is 323. The first-order valence-corrected chi connectivity index (χ1v) is 6.13. The smallest absolute Gasteiger partial charge is 0.161 e. The molecule has 0 aliphatic heterocycles. The molecule has 1 N–H and O–H groups in total. The molecule has 3 heteroatoms. The van der Waals surface area contributed by atoms with E-state index in [4.69, 9.17) is 9.47 Å². The lowest BCUT2D eigenvalue weighted by molar-refractivity contribution is 0.105. The summed E-state index contributed by atoms with van der Waals surface area (Å²) in [5, 5.41) is 9.53. The molecule has 0 aliphatic rings. The zero-order chi connectivity index (χ0) is 12.7. The van der Waals surface area contributed by atoms with Gasteiger partial charge in [-0.1, -0.05) is 25.5 Å². The molecule has 0 fully saturated rings. The molecule has 0 saturated carbocycles. The summed E-state index contributed by atoms with van der Waals surface area (Å²) in [6.45, 7) is 4.52. The highest BCUT2D eigenvalue weighted by Crippen LogP contribution is 2.26. The first-order chi connectivity index (χ1) is 8.19. The second-order valence-electron chi connectivity index (χ2n) is 4.20. The maximum Gasteiger partial charge on any atom is 0.161 e. The SMILES string of the molecule is CCC(CCOc1ccccc1OC)C(C)O. The number of para-hydroxylation sites is 2. The number of hydrogen-bond acceptors (Lipinski definition) is 3. The highest BCUT2D eigenvalue weighted by Gasteiger charge is 2.13. The number of benzene rings is 1. The number of ether oxygens (including phenoxy) is 2. The predicted molar refractivity (Wildman–Crippen MR) is 68.6 cm³/mol. The van der Waals surface area contributed by atoms with E-state index in [-0.39, 0.29) is 6.10 Å². The van der Waals surface area contributed by atoms with Crippen LogP contribution in [0.3, 0.4) is 0 Å². The Labute approximate surface area is 103 Å². The van der Waals surface area contributed by atoms with Crippen LogP contribution in [0.25, 0.3) is 0 Å². The largest absolute Gasteiger partial charge is 0.493 e. The third kappa shape index (κ3) is 4.27. The lowest BCUT2D eigenvalue weighted by Gasteiger charge is -2.18. The van der Waals surface area contributed by atoms with Gasteiger partial charge in [-0.2, -0.15) is 0 Å². The maximum atomic E-state index is 9.53. The molecule has 3 nitrogen and oxygen atoms in total. The minimum absolute atomic E-state index is 0.277. The van der Waals surface area contributed by atoms with Crippen LogP contribution in [-0.4, -0.2) is 24.9 Å². The fraction of sp³-hybridized carbons (Fsp3) is 0.571. The van der Waals surface area contributed by atoms with Crippen LogP contribution in [0, 0.1) is 5.92 Å². The second-order valence-corrected chi connectivity index (χ2v) is 4.20. The summed E-state index contributed by atoms with van der Waals surface area (Å²) in [5.74, 6) is 1.80. The molecule has 0 spiro atoms. The van der Waals surface area contributed by atoms with Crippen LogP contribution >= 0.6 is 0 Å². The zero-order valence-electron chi connectivity index (χ0n) is 10.8. The van der Waals surface area contributed by atoms with Gasteiger partial charge in [0.1, 0.15) is 0 Å². The molecule has 1 aromatic rings. The lowest BCUT2D eigenvalue weighted by atomic mass is 9.97. The van der Waals surface area contributed by atoms with Crippen LogP contribution < -0.4 is 9.47 Å². The van der Waals surface area contributed by atoms with Gasteiger partial charge in [-0.15, -0.1) is 0 Å². The van der Waals surface area contributed by atoms with E-state index in [0.717, 1.165) is 24.3 Å². The Balaban J connectivity index is 2.45. The third-order valence-electron chi connectivity index (χ3n) is 3.02. The number of methoxy groups -OCH3 is 1. The highest BCUT2D eigenvalue weighted by atomic mass is 16.5. The number of rotatable bonds is 7. The summed E-state index contributed by atoms with van der Waals surface area (Å²) in [6.07, 6.45) is 1.54. The van der Waals surface area contributed by atoms with Gasteiger partial charge in [0.05, 0.1) is 19.8 Å². The molecule has 0 amide bonds. The quantitative estimate of drug-likeness (QED) is 0.794. The Hall–Kier alpha value is -1.22. The van der Waals surface area contributed by atoms with Crippen molar-refractivity contribution < 1.29 is 14.6 Å². The molecule has 2 unspecified atom stereocenters. The van der Waals surface area contributed by atoms with Gasteiger partial charge in [-0.3, -0.25) is 0 Å². The monoisotopic (exact) mass is 238 g/mol. The number of aliphatic hydroxyl groups is 1. The third-order valence-corrected chi connectivity index (χ3v) is 3.02. The molecule has 1 rings (SSSR count). The standard InChI is InChI=1S/C14H22O3/c1-4-12(11(2)15)9-10-17-14-8-6-5-7-13(14)16-3/h5-8,11-12,15H,4,9-10H2,1-3H3. The Morgan fingerprint density at radius 2 is 1.88 bits per heavy atom. The molecule has 2 atom stereocenters. The van der Waals surface area contributed by atoms with Crippen molar-refractivity contribution in [1.82, 2.24) is 0 Å². The minimum atomic E-state index is -0.277. The van der Waals surface area contributed by atoms with E-state index in [9.17, 15) is 5.11 Å². The average Bonchev–Trinajstić information content (AvgIpc) is 2.34. The van der Waals surface area contributed by atoms with Gasteiger partial charge in [0.15, 0.2) is 11.5 Å². The average molecular weight is 238 g/mol. The topological polar surface area (TPSA) is 38.7 Å². The second kappa shape index (κ2) is 7.17. The van der Waals surface area contributed by atoms with E-state index in [1.807, 2.05) is 31.2 Å². The molecule has 17 heavy (non-hydrogen) atoms. The van der Waals surface area contributed by atoms with Gasteiger partial charge in [0, 0.05) is 0 Å². The first kappa shape index (κ1) is 13.8. The fourth-order valence-electron chi connectivity index (χ4n) is 1.84. The van der Waals surface area contributed by atoms with Gasteiger partial charge in [0.2, 0.25) is 0 Å². The van der Waals surface area contributed by atoms with Crippen molar-refractivity contribution >= 4 is 0 Å². The van der Waals surface area contributed by atoms with E-state index in [1.54, 1.807) is 7.11 Å². The Kier molecular flexibility index (Phi) is 5.84. The van der Waals surface area contributed by atoms with Crippen molar-refractivity contribution in [2.75, 3.05) is 13.7 Å². The van der Waals surface area contributed by atoms with E-state index < -0.39 is 0 Å². The molecule has 0 aromatic heterocycles. The molecular formula is C14H22O3. The normalized spacial score (nSPS) is 14.1. The van der Waals surface area contributed by atoms with E-state index >= 15 is 0 Å². The van der Waals surface area contributed by atoms with Gasteiger partial charge in [-0.25, -0.2) is 0 Å². The first-order valence-electron chi connectivity index (χ1n) is 6.13. The van der Waals surface area contributed by atoms with Crippen molar-refractivity contribution in [3.8, 4) is 11.5 Å². The summed E-state index contributed by atoms with van der Waals surface area (Å²) in [7, 11) is 1.63. The molecule has 0 radical (unpaired) electrons. The Morgan fingerprint density at radius 1 is 1.24 bits per heavy atom. The van der Waals surface area contributed by atoms with E-state index in [2.05, 4.69) is 6.92 Å². The predicted octanol–water partition coefficient (Wildman–Crippen LogP) is 2.87. The highest BCUT2D eigenvalue weighted by molar-refractivity contribution is 5.39. The Morgan fingerprint density at radius 3 is 2.41 bits per heavy atom. The van der Waals surface area contributed by atoms with Crippen LogP contribution in [0.2, 0.25) is 0 Å². The molecule has 0 saturated heterocycles. The number of hydrogen-bond donors (Lipinski definition) is 1. The molecule has 0 heterocycles. The van der Waals surface area contributed by atoms with Gasteiger partial charge < -0.3 is 14.6 Å². The number of aliphatic hydroxyl groups excluding tert-OH is 1. The van der Waals surface area contributed by atoms with Gasteiger partial charge in [0.25, 0.3) is 0 Å². The van der Waals surface area contributed by atoms with Crippen molar-refractivity contribution in [2.24, 2.45) is 5.92 Å². The molecule has 0 bridgehead atoms. The summed E-state index contributed by atoms with van der Waals surface area (Å²) in [4.78, 5) is 0. The van der Waals surface area contributed by atoms with Crippen molar-refractivity contribution in [3.05, 3.63) is 24.3 Å². The minimum Gasteiger partial charge on any atom is -0.493 e. The fourth-order valence-corrected chi connectivity index (χ4v) is 1.84. The van der Waals surface area contributed by atoms with E-state index in [1.165, 1.54) is 0 Å². The zero-order valence-corrected chi connectivity index (χ0v) is 10.8. The van der Waals surface area contributed by atoms with Gasteiger partial charge in [-0.05, 0) is 31.4 Å². The van der Waals surface area contributed by atoms with Crippen LogP contribution in [0.1, 0.15) is 26.7 Å². The summed E-state index contributed by atoms with van der Waals surface area (Å²) >= 11 is 0.